The zero-order valence-corrected chi connectivity index (χ0v) is 7.55. The minimum absolute atomic E-state index is 0.264. The van der Waals surface area contributed by atoms with Crippen molar-refractivity contribution in [2.24, 2.45) is 5.73 Å². The van der Waals surface area contributed by atoms with E-state index in [1.807, 2.05) is 0 Å². The summed E-state index contributed by atoms with van der Waals surface area (Å²) in [5, 5.41) is 9.11. The second-order valence-electron chi connectivity index (χ2n) is 3.10. The van der Waals surface area contributed by atoms with Crippen molar-refractivity contribution >= 4 is 0 Å². The minimum atomic E-state index is -2.81. The molecule has 1 aromatic carbocycles. The lowest BCUT2D eigenvalue weighted by Gasteiger charge is -2.11. The van der Waals surface area contributed by atoms with Crippen LogP contribution in [-0.2, 0) is 6.42 Å². The zero-order chi connectivity index (χ0) is 11.6. The molecule has 1 aromatic rings. The van der Waals surface area contributed by atoms with Crippen LogP contribution in [-0.4, -0.2) is 17.6 Å². The van der Waals surface area contributed by atoms with Gasteiger partial charge >= 0.3 is 0 Å². The van der Waals surface area contributed by atoms with Gasteiger partial charge in [-0.25, -0.2) is 17.6 Å². The number of aromatic hydroxyl groups is 1. The first-order chi connectivity index (χ1) is 6.91. The van der Waals surface area contributed by atoms with Crippen LogP contribution in [0.4, 0.5) is 17.6 Å². The van der Waals surface area contributed by atoms with Crippen molar-refractivity contribution < 1.29 is 22.7 Å². The number of rotatable bonds is 3. The minimum Gasteiger partial charge on any atom is -0.505 e. The fourth-order valence-corrected chi connectivity index (χ4v) is 1.12. The molecule has 15 heavy (non-hydrogen) atoms. The van der Waals surface area contributed by atoms with E-state index in [9.17, 15) is 17.6 Å². The van der Waals surface area contributed by atoms with Gasteiger partial charge in [0.25, 0.3) is 6.43 Å². The summed E-state index contributed by atoms with van der Waals surface area (Å²) >= 11 is 0. The van der Waals surface area contributed by atoms with E-state index in [0.717, 1.165) is 6.07 Å². The summed E-state index contributed by atoms with van der Waals surface area (Å²) in [6.07, 6.45) is -3.30. The maximum Gasteiger partial charge on any atom is 0.253 e. The van der Waals surface area contributed by atoms with Crippen molar-refractivity contribution in [1.29, 1.82) is 0 Å². The standard InChI is InChI=1S/C9H9F4NO/c10-5-1-4(2-7(14)9(12)13)8(15)6(11)3-5/h1,3,7,9,15H,2,14H2. The number of hydrogen-bond donors (Lipinski definition) is 2. The van der Waals surface area contributed by atoms with Gasteiger partial charge in [-0.2, -0.15) is 0 Å². The Balaban J connectivity index is 2.94. The Morgan fingerprint density at radius 2 is 1.87 bits per heavy atom. The number of nitrogens with two attached hydrogens (primary N) is 1. The summed E-state index contributed by atoms with van der Waals surface area (Å²) in [5.74, 6) is -2.97. The Bertz CT molecular complexity index is 356. The van der Waals surface area contributed by atoms with Crippen LogP contribution in [0.2, 0.25) is 0 Å². The Kier molecular flexibility index (Phi) is 3.52. The Labute approximate surface area is 83.3 Å². The monoisotopic (exact) mass is 223 g/mol. The summed E-state index contributed by atoms with van der Waals surface area (Å²) < 4.78 is 49.6. The fourth-order valence-electron chi connectivity index (χ4n) is 1.12. The molecule has 6 heteroatoms. The van der Waals surface area contributed by atoms with E-state index in [1.165, 1.54) is 0 Å². The van der Waals surface area contributed by atoms with Crippen LogP contribution in [0.15, 0.2) is 12.1 Å². The second kappa shape index (κ2) is 4.48. The first kappa shape index (κ1) is 11.8. The van der Waals surface area contributed by atoms with Gasteiger partial charge in [0.2, 0.25) is 0 Å². The van der Waals surface area contributed by atoms with Gasteiger partial charge in [0.1, 0.15) is 5.82 Å². The Hall–Kier alpha value is -1.30. The van der Waals surface area contributed by atoms with Crippen molar-refractivity contribution in [2.75, 3.05) is 0 Å². The lowest BCUT2D eigenvalue weighted by Crippen LogP contribution is -2.31. The molecule has 0 bridgehead atoms. The predicted octanol–water partition coefficient (Wildman–Crippen LogP) is 1.81. The lowest BCUT2D eigenvalue weighted by atomic mass is 10.1. The number of halogens is 4. The van der Waals surface area contributed by atoms with Gasteiger partial charge in [-0.15, -0.1) is 0 Å². The first-order valence-electron chi connectivity index (χ1n) is 4.12. The molecule has 0 saturated heterocycles. The normalized spacial score (nSPS) is 13.2. The smallest absolute Gasteiger partial charge is 0.253 e. The fraction of sp³-hybridized carbons (Fsp3) is 0.333. The SMILES string of the molecule is NC(Cc1cc(F)cc(F)c1O)C(F)F. The summed E-state index contributed by atoms with van der Waals surface area (Å²) in [6, 6.07) is -0.315. The zero-order valence-electron chi connectivity index (χ0n) is 7.55. The molecule has 0 aromatic heterocycles. The summed E-state index contributed by atoms with van der Waals surface area (Å²) in [7, 11) is 0. The van der Waals surface area contributed by atoms with E-state index in [-0.39, 0.29) is 5.56 Å². The Morgan fingerprint density at radius 3 is 2.40 bits per heavy atom. The molecule has 0 amide bonds. The molecule has 0 fully saturated rings. The van der Waals surface area contributed by atoms with Gasteiger partial charge in [0, 0.05) is 11.6 Å². The number of phenolic OH excluding ortho intramolecular Hbond substituents is 1. The topological polar surface area (TPSA) is 46.2 Å². The molecule has 0 aliphatic rings. The van der Waals surface area contributed by atoms with Gasteiger partial charge in [-0.05, 0) is 12.5 Å². The molecule has 1 unspecified atom stereocenters. The highest BCUT2D eigenvalue weighted by atomic mass is 19.3. The molecule has 0 radical (unpaired) electrons. The molecule has 84 valence electrons. The predicted molar refractivity (Wildman–Crippen MR) is 45.7 cm³/mol. The van der Waals surface area contributed by atoms with Gasteiger partial charge in [-0.1, -0.05) is 0 Å². The van der Waals surface area contributed by atoms with Crippen molar-refractivity contribution in [3.8, 4) is 5.75 Å². The third-order valence-electron chi connectivity index (χ3n) is 1.89. The molecular weight excluding hydrogens is 214 g/mol. The first-order valence-corrected chi connectivity index (χ1v) is 4.12. The maximum absolute atomic E-state index is 12.8. The van der Waals surface area contributed by atoms with Crippen LogP contribution in [0.5, 0.6) is 5.75 Å². The summed E-state index contributed by atoms with van der Waals surface area (Å²) in [5.41, 5.74) is 4.75. The van der Waals surface area contributed by atoms with Crippen molar-refractivity contribution in [3.05, 3.63) is 29.3 Å². The molecule has 3 N–H and O–H groups in total. The van der Waals surface area contributed by atoms with Crippen LogP contribution in [0.1, 0.15) is 5.56 Å². The molecule has 1 rings (SSSR count). The average Bonchev–Trinajstić information content (AvgIpc) is 2.13. The molecule has 0 heterocycles. The van der Waals surface area contributed by atoms with Gasteiger partial charge in [0.15, 0.2) is 11.6 Å². The number of benzene rings is 1. The van der Waals surface area contributed by atoms with Crippen LogP contribution < -0.4 is 5.73 Å². The number of alkyl halides is 2. The van der Waals surface area contributed by atoms with E-state index in [0.29, 0.717) is 6.07 Å². The van der Waals surface area contributed by atoms with E-state index >= 15 is 0 Å². The van der Waals surface area contributed by atoms with Crippen LogP contribution in [0.3, 0.4) is 0 Å². The summed E-state index contributed by atoms with van der Waals surface area (Å²) in [6.45, 7) is 0. The highest BCUT2D eigenvalue weighted by molar-refractivity contribution is 5.34. The molecule has 0 aliphatic heterocycles. The largest absolute Gasteiger partial charge is 0.505 e. The van der Waals surface area contributed by atoms with E-state index in [2.05, 4.69) is 0 Å². The lowest BCUT2D eigenvalue weighted by molar-refractivity contribution is 0.115. The van der Waals surface area contributed by atoms with Gasteiger partial charge < -0.3 is 10.8 Å². The van der Waals surface area contributed by atoms with Crippen molar-refractivity contribution in [3.63, 3.8) is 0 Å². The van der Waals surface area contributed by atoms with Crippen LogP contribution in [0, 0.1) is 11.6 Å². The van der Waals surface area contributed by atoms with Gasteiger partial charge in [0.05, 0.1) is 6.04 Å². The molecule has 2 nitrogen and oxygen atoms in total. The quantitative estimate of drug-likeness (QED) is 0.767. The summed E-state index contributed by atoms with van der Waals surface area (Å²) in [4.78, 5) is 0. The van der Waals surface area contributed by atoms with Crippen molar-refractivity contribution in [1.82, 2.24) is 0 Å². The molecule has 0 saturated carbocycles. The maximum atomic E-state index is 12.8. The molecular formula is C9H9F4NO. The van der Waals surface area contributed by atoms with E-state index in [1.54, 1.807) is 0 Å². The average molecular weight is 223 g/mol. The van der Waals surface area contributed by atoms with Crippen molar-refractivity contribution in [2.45, 2.75) is 18.9 Å². The highest BCUT2D eigenvalue weighted by Gasteiger charge is 2.19. The number of hydrogen-bond acceptors (Lipinski definition) is 2. The van der Waals surface area contributed by atoms with E-state index < -0.39 is 36.3 Å². The van der Waals surface area contributed by atoms with Gasteiger partial charge in [-0.3, -0.25) is 0 Å². The molecule has 0 spiro atoms. The second-order valence-corrected chi connectivity index (χ2v) is 3.10. The van der Waals surface area contributed by atoms with E-state index in [4.69, 9.17) is 10.8 Å². The third kappa shape index (κ3) is 2.82. The Morgan fingerprint density at radius 1 is 1.27 bits per heavy atom. The van der Waals surface area contributed by atoms with Crippen LogP contribution >= 0.6 is 0 Å². The molecule has 1 atom stereocenters. The highest BCUT2D eigenvalue weighted by Crippen LogP contribution is 2.24. The van der Waals surface area contributed by atoms with Crippen LogP contribution in [0.25, 0.3) is 0 Å². The number of phenols is 1. The molecule has 0 aliphatic carbocycles. The third-order valence-corrected chi connectivity index (χ3v) is 1.89.